The van der Waals surface area contributed by atoms with Gasteiger partial charge in [-0.25, -0.2) is 4.98 Å². The second-order valence-electron chi connectivity index (χ2n) is 5.49. The molecule has 4 rings (SSSR count). The van der Waals surface area contributed by atoms with Crippen LogP contribution in [0.4, 0.5) is 5.69 Å². The second kappa shape index (κ2) is 6.37. The molecule has 6 heteroatoms. The number of halogens is 1. The fourth-order valence-electron chi connectivity index (χ4n) is 2.61. The third-order valence-electron chi connectivity index (χ3n) is 3.85. The minimum atomic E-state index is -0.315. The van der Waals surface area contributed by atoms with Gasteiger partial charge in [-0.15, -0.1) is 0 Å². The maximum Gasteiger partial charge on any atom is 0.288 e. The molecule has 0 atom stereocenters. The first-order chi connectivity index (χ1) is 12.2. The van der Waals surface area contributed by atoms with Crippen molar-refractivity contribution in [3.8, 4) is 0 Å². The normalized spacial score (nSPS) is 10.8. The molecule has 0 saturated carbocycles. The summed E-state index contributed by atoms with van der Waals surface area (Å²) >= 11 is 5.99. The van der Waals surface area contributed by atoms with Gasteiger partial charge in [0.25, 0.3) is 5.91 Å². The van der Waals surface area contributed by atoms with E-state index in [4.69, 9.17) is 11.6 Å². The fourth-order valence-corrected chi connectivity index (χ4v) is 2.78. The Morgan fingerprint density at radius 3 is 2.76 bits per heavy atom. The number of anilines is 1. The van der Waals surface area contributed by atoms with E-state index < -0.39 is 0 Å². The largest absolute Gasteiger partial charge is 0.298 e. The smallest absolute Gasteiger partial charge is 0.288 e. The molecule has 2 N–H and O–H groups in total. The second-order valence-corrected chi connectivity index (χ2v) is 5.92. The van der Waals surface area contributed by atoms with Crippen molar-refractivity contribution in [2.75, 3.05) is 5.43 Å². The topological polar surface area (TPSA) is 66.9 Å². The van der Waals surface area contributed by atoms with Gasteiger partial charge in [0.15, 0.2) is 0 Å². The Morgan fingerprint density at radius 1 is 0.960 bits per heavy atom. The van der Waals surface area contributed by atoms with Crippen molar-refractivity contribution in [2.24, 2.45) is 0 Å². The number of aromatic nitrogens is 2. The van der Waals surface area contributed by atoms with Crippen LogP contribution in [-0.4, -0.2) is 15.9 Å². The Kier molecular flexibility index (Phi) is 3.91. The fraction of sp³-hybridized carbons (Fsp3) is 0. The molecule has 1 amide bonds. The minimum absolute atomic E-state index is 0.315. The molecule has 0 fully saturated rings. The molecule has 25 heavy (non-hydrogen) atoms. The van der Waals surface area contributed by atoms with Gasteiger partial charge in [-0.3, -0.25) is 20.6 Å². The molecule has 0 aliphatic carbocycles. The zero-order valence-electron chi connectivity index (χ0n) is 13.0. The van der Waals surface area contributed by atoms with Gasteiger partial charge in [0, 0.05) is 22.0 Å². The standard InChI is InChI=1S/C19H13ClN4O/c20-13-6-7-14-16(9-10-21-18(14)11-13)23-24-19(25)17-8-5-12-3-1-2-4-15(12)22-17/h1-11H,(H,21,23)(H,24,25). The zero-order chi connectivity index (χ0) is 17.2. The van der Waals surface area contributed by atoms with E-state index >= 15 is 0 Å². The summed E-state index contributed by atoms with van der Waals surface area (Å²) in [4.78, 5) is 21.0. The minimum Gasteiger partial charge on any atom is -0.298 e. The number of carbonyl (C=O) groups excluding carboxylic acids is 1. The lowest BCUT2D eigenvalue weighted by Crippen LogP contribution is -2.30. The number of hydrogen-bond donors (Lipinski definition) is 2. The molecule has 0 saturated heterocycles. The third kappa shape index (κ3) is 3.09. The molecule has 5 nitrogen and oxygen atoms in total. The summed E-state index contributed by atoms with van der Waals surface area (Å²) in [6.45, 7) is 0. The highest BCUT2D eigenvalue weighted by atomic mass is 35.5. The van der Waals surface area contributed by atoms with Gasteiger partial charge >= 0.3 is 0 Å². The van der Waals surface area contributed by atoms with Crippen LogP contribution < -0.4 is 10.9 Å². The summed E-state index contributed by atoms with van der Waals surface area (Å²) in [6.07, 6.45) is 1.65. The van der Waals surface area contributed by atoms with E-state index in [2.05, 4.69) is 20.8 Å². The van der Waals surface area contributed by atoms with E-state index in [1.54, 1.807) is 30.5 Å². The van der Waals surface area contributed by atoms with E-state index in [-0.39, 0.29) is 5.91 Å². The third-order valence-corrected chi connectivity index (χ3v) is 4.08. The van der Waals surface area contributed by atoms with Crippen molar-refractivity contribution in [3.05, 3.63) is 77.6 Å². The average Bonchev–Trinajstić information content (AvgIpc) is 2.65. The summed E-state index contributed by atoms with van der Waals surface area (Å²) < 4.78 is 0. The Balaban J connectivity index is 1.57. The Hall–Kier alpha value is -3.18. The summed E-state index contributed by atoms with van der Waals surface area (Å²) in [5.41, 5.74) is 8.20. The lowest BCUT2D eigenvalue weighted by Gasteiger charge is -2.11. The summed E-state index contributed by atoms with van der Waals surface area (Å²) in [5, 5.41) is 2.46. The highest BCUT2D eigenvalue weighted by molar-refractivity contribution is 6.31. The van der Waals surface area contributed by atoms with E-state index in [0.29, 0.717) is 10.7 Å². The Bertz CT molecular complexity index is 1100. The summed E-state index contributed by atoms with van der Waals surface area (Å²) in [7, 11) is 0. The van der Waals surface area contributed by atoms with Gasteiger partial charge < -0.3 is 0 Å². The van der Waals surface area contributed by atoms with Gasteiger partial charge in [-0.05, 0) is 36.4 Å². The van der Waals surface area contributed by atoms with Crippen LogP contribution in [0.25, 0.3) is 21.8 Å². The zero-order valence-corrected chi connectivity index (χ0v) is 13.8. The van der Waals surface area contributed by atoms with Crippen LogP contribution in [0.3, 0.4) is 0 Å². The first kappa shape index (κ1) is 15.4. The monoisotopic (exact) mass is 348 g/mol. The van der Waals surface area contributed by atoms with Crippen LogP contribution in [-0.2, 0) is 0 Å². The molecule has 2 aromatic carbocycles. The van der Waals surface area contributed by atoms with Crippen LogP contribution in [0.2, 0.25) is 5.02 Å². The van der Waals surface area contributed by atoms with Crippen molar-refractivity contribution in [3.63, 3.8) is 0 Å². The molecule has 4 aromatic rings. The number of amides is 1. The summed E-state index contributed by atoms with van der Waals surface area (Å²) in [6, 6.07) is 18.4. The van der Waals surface area contributed by atoms with Gasteiger partial charge in [0.1, 0.15) is 5.69 Å². The number of hydrogen-bond acceptors (Lipinski definition) is 4. The van der Waals surface area contributed by atoms with E-state index in [1.165, 1.54) is 0 Å². The van der Waals surface area contributed by atoms with Crippen molar-refractivity contribution >= 4 is 45.0 Å². The number of benzene rings is 2. The van der Waals surface area contributed by atoms with Crippen LogP contribution in [0, 0.1) is 0 Å². The number of fused-ring (bicyclic) bond motifs is 2. The number of rotatable bonds is 3. The number of nitrogens with one attached hydrogen (secondary N) is 2. The lowest BCUT2D eigenvalue weighted by molar-refractivity contribution is 0.0958. The number of carbonyl (C=O) groups is 1. The molecule has 0 bridgehead atoms. The molecule has 2 heterocycles. The molecule has 0 radical (unpaired) electrons. The molecular formula is C19H13ClN4O. The average molecular weight is 349 g/mol. The lowest BCUT2D eigenvalue weighted by atomic mass is 10.2. The molecule has 0 aliphatic heterocycles. The molecule has 0 unspecified atom stereocenters. The molecule has 2 aromatic heterocycles. The van der Waals surface area contributed by atoms with Gasteiger partial charge in [0.05, 0.1) is 16.7 Å². The van der Waals surface area contributed by atoms with Crippen LogP contribution in [0.5, 0.6) is 0 Å². The maximum atomic E-state index is 12.4. The SMILES string of the molecule is O=C(NNc1ccnc2cc(Cl)ccc12)c1ccc2ccccc2n1. The molecule has 0 aliphatic rings. The predicted octanol–water partition coefficient (Wildman–Crippen LogP) is 4.19. The van der Waals surface area contributed by atoms with Crippen molar-refractivity contribution in [2.45, 2.75) is 0 Å². The van der Waals surface area contributed by atoms with Gasteiger partial charge in [-0.1, -0.05) is 35.9 Å². The van der Waals surface area contributed by atoms with Crippen molar-refractivity contribution in [1.29, 1.82) is 0 Å². The maximum absolute atomic E-state index is 12.4. The van der Waals surface area contributed by atoms with Crippen molar-refractivity contribution < 1.29 is 4.79 Å². The highest BCUT2D eigenvalue weighted by Gasteiger charge is 2.09. The number of hydrazine groups is 1. The number of nitrogens with zero attached hydrogens (tertiary/aromatic N) is 2. The van der Waals surface area contributed by atoms with Crippen molar-refractivity contribution in [1.82, 2.24) is 15.4 Å². The van der Waals surface area contributed by atoms with E-state index in [0.717, 1.165) is 27.5 Å². The molecular weight excluding hydrogens is 336 g/mol. The Labute approximate surface area is 148 Å². The quantitative estimate of drug-likeness (QED) is 0.545. The molecule has 0 spiro atoms. The van der Waals surface area contributed by atoms with E-state index in [1.807, 2.05) is 36.4 Å². The number of para-hydroxylation sites is 1. The van der Waals surface area contributed by atoms with Gasteiger partial charge in [-0.2, -0.15) is 0 Å². The number of pyridine rings is 2. The predicted molar refractivity (Wildman–Crippen MR) is 99.6 cm³/mol. The summed E-state index contributed by atoms with van der Waals surface area (Å²) in [5.74, 6) is -0.315. The first-order valence-corrected chi connectivity index (χ1v) is 8.05. The molecule has 122 valence electrons. The highest BCUT2D eigenvalue weighted by Crippen LogP contribution is 2.23. The first-order valence-electron chi connectivity index (χ1n) is 7.67. The Morgan fingerprint density at radius 2 is 1.84 bits per heavy atom. The van der Waals surface area contributed by atoms with Crippen LogP contribution in [0.1, 0.15) is 10.5 Å². The van der Waals surface area contributed by atoms with Gasteiger partial charge in [0.2, 0.25) is 0 Å². The van der Waals surface area contributed by atoms with E-state index in [9.17, 15) is 4.79 Å². The van der Waals surface area contributed by atoms with Crippen LogP contribution in [0.15, 0.2) is 66.9 Å². The van der Waals surface area contributed by atoms with Crippen LogP contribution >= 0.6 is 11.6 Å².